The van der Waals surface area contributed by atoms with Crippen molar-refractivity contribution >= 4 is 16.8 Å². The van der Waals surface area contributed by atoms with Crippen LogP contribution in [0.5, 0.6) is 0 Å². The Morgan fingerprint density at radius 1 is 1.05 bits per heavy atom. The minimum Gasteiger partial charge on any atom is -0.263 e. The van der Waals surface area contributed by atoms with E-state index < -0.39 is 0 Å². The van der Waals surface area contributed by atoms with E-state index in [9.17, 15) is 0 Å². The van der Waals surface area contributed by atoms with Gasteiger partial charge in [-0.25, -0.2) is 0 Å². The van der Waals surface area contributed by atoms with Crippen LogP contribution in [0, 0.1) is 5.92 Å². The van der Waals surface area contributed by atoms with Gasteiger partial charge < -0.3 is 0 Å². The molecule has 1 aromatic carbocycles. The van der Waals surface area contributed by atoms with Gasteiger partial charge in [-0.1, -0.05) is 52.0 Å². The lowest BCUT2D eigenvalue weighted by Crippen LogP contribution is -2.12. The summed E-state index contributed by atoms with van der Waals surface area (Å²) in [5.41, 5.74) is 4.29. The van der Waals surface area contributed by atoms with Crippen molar-refractivity contribution < 1.29 is 0 Å². The largest absolute Gasteiger partial charge is 0.263 e. The predicted octanol–water partition coefficient (Wildman–Crippen LogP) is 5.12. The van der Waals surface area contributed by atoms with E-state index in [0.717, 1.165) is 0 Å². The lowest BCUT2D eigenvalue weighted by Gasteiger charge is -2.28. The molecule has 1 heteroatoms. The van der Waals surface area contributed by atoms with E-state index in [2.05, 4.69) is 57.0 Å². The third-order valence-electron chi connectivity index (χ3n) is 4.18. The van der Waals surface area contributed by atoms with E-state index in [0.29, 0.717) is 17.8 Å². The first-order valence-corrected chi connectivity index (χ1v) is 7.18. The van der Waals surface area contributed by atoms with Gasteiger partial charge >= 0.3 is 0 Å². The number of nitrogens with zero attached hydrogens (tertiary/aromatic N) is 1. The number of rotatable bonds is 2. The van der Waals surface area contributed by atoms with Crippen LogP contribution in [0.3, 0.4) is 0 Å². The summed E-state index contributed by atoms with van der Waals surface area (Å²) in [7, 11) is 0. The normalized spacial score (nSPS) is 17.7. The van der Waals surface area contributed by atoms with Crippen molar-refractivity contribution in [1.29, 1.82) is 0 Å². The first kappa shape index (κ1) is 12.4. The van der Waals surface area contributed by atoms with Gasteiger partial charge in [-0.2, -0.15) is 0 Å². The minimum atomic E-state index is 0.524. The minimum absolute atomic E-state index is 0.524. The van der Waals surface area contributed by atoms with Crippen LogP contribution >= 0.6 is 0 Å². The molecule has 0 spiro atoms. The smallest absolute Gasteiger partial charge is 0.0346 e. The first-order chi connectivity index (χ1) is 9.09. The molecule has 0 fully saturated rings. The third-order valence-corrected chi connectivity index (χ3v) is 4.18. The average Bonchev–Trinajstić information content (AvgIpc) is 2.39. The van der Waals surface area contributed by atoms with Crippen molar-refractivity contribution in [2.24, 2.45) is 5.92 Å². The summed E-state index contributed by atoms with van der Waals surface area (Å²) < 4.78 is 0. The van der Waals surface area contributed by atoms with Gasteiger partial charge in [0.05, 0.1) is 0 Å². The summed E-state index contributed by atoms with van der Waals surface area (Å²) >= 11 is 0. The van der Waals surface area contributed by atoms with Gasteiger partial charge in [0.15, 0.2) is 0 Å². The summed E-state index contributed by atoms with van der Waals surface area (Å²) in [6.07, 6.45) is 8.58. The van der Waals surface area contributed by atoms with Gasteiger partial charge in [-0.05, 0) is 28.3 Å². The number of benzene rings is 1. The second-order valence-electron chi connectivity index (χ2n) is 6.18. The van der Waals surface area contributed by atoms with E-state index in [-0.39, 0.29) is 0 Å². The van der Waals surface area contributed by atoms with E-state index in [1.807, 2.05) is 12.4 Å². The molecule has 0 N–H and O–H groups in total. The molecule has 1 aliphatic carbocycles. The zero-order valence-corrected chi connectivity index (χ0v) is 12.1. The molecule has 1 heterocycles. The monoisotopic (exact) mass is 251 g/mol. The Balaban J connectivity index is 2.40. The van der Waals surface area contributed by atoms with E-state index in [1.165, 1.54) is 27.5 Å². The lowest BCUT2D eigenvalue weighted by atomic mass is 9.76. The van der Waals surface area contributed by atoms with Crippen LogP contribution in [-0.4, -0.2) is 4.98 Å². The molecule has 0 amide bonds. The van der Waals surface area contributed by atoms with Crippen molar-refractivity contribution in [3.8, 4) is 0 Å². The average molecular weight is 251 g/mol. The Kier molecular flexibility index (Phi) is 2.93. The Bertz CT molecular complexity index is 650. The molecule has 1 atom stereocenters. The zero-order chi connectivity index (χ0) is 13.6. The Hall–Kier alpha value is -1.63. The standard InChI is InChI=1S/C18H21N/c1-11(2)15-7-5-13-9-19-10-14-6-8-16(12(3)4)18(15)17(13)14/h5-12,15H,1-4H3. The third kappa shape index (κ3) is 1.88. The molecular formula is C18H21N. The molecular weight excluding hydrogens is 230 g/mol. The highest BCUT2D eigenvalue weighted by Gasteiger charge is 2.24. The second-order valence-corrected chi connectivity index (χ2v) is 6.18. The van der Waals surface area contributed by atoms with Crippen molar-refractivity contribution in [2.75, 3.05) is 0 Å². The fourth-order valence-electron chi connectivity index (χ4n) is 3.19. The van der Waals surface area contributed by atoms with Crippen molar-refractivity contribution in [1.82, 2.24) is 4.98 Å². The molecule has 1 unspecified atom stereocenters. The maximum Gasteiger partial charge on any atom is 0.0346 e. The van der Waals surface area contributed by atoms with Crippen LogP contribution in [-0.2, 0) is 0 Å². The van der Waals surface area contributed by atoms with Crippen LogP contribution in [0.15, 0.2) is 30.6 Å². The highest BCUT2D eigenvalue weighted by atomic mass is 14.6. The second kappa shape index (κ2) is 4.48. The van der Waals surface area contributed by atoms with Crippen LogP contribution in [0.25, 0.3) is 16.8 Å². The Labute approximate surface area is 115 Å². The fourth-order valence-corrected chi connectivity index (χ4v) is 3.19. The maximum atomic E-state index is 4.35. The molecule has 1 aromatic heterocycles. The summed E-state index contributed by atoms with van der Waals surface area (Å²) in [6.45, 7) is 9.19. The van der Waals surface area contributed by atoms with Gasteiger partial charge in [0.2, 0.25) is 0 Å². The molecule has 1 aliphatic rings. The molecule has 0 saturated heterocycles. The first-order valence-electron chi connectivity index (χ1n) is 7.18. The van der Waals surface area contributed by atoms with Gasteiger partial charge in [0.1, 0.15) is 0 Å². The molecule has 0 saturated carbocycles. The van der Waals surface area contributed by atoms with Crippen LogP contribution in [0.1, 0.15) is 56.2 Å². The molecule has 0 aliphatic heterocycles. The number of aromatic nitrogens is 1. The van der Waals surface area contributed by atoms with Crippen molar-refractivity contribution in [3.05, 3.63) is 47.3 Å². The lowest BCUT2D eigenvalue weighted by molar-refractivity contribution is 0.574. The highest BCUT2D eigenvalue weighted by Crippen LogP contribution is 2.42. The molecule has 1 nitrogen and oxygen atoms in total. The Morgan fingerprint density at radius 3 is 2.53 bits per heavy atom. The summed E-state index contributed by atoms with van der Waals surface area (Å²) in [5.74, 6) is 1.71. The van der Waals surface area contributed by atoms with Gasteiger partial charge in [-0.15, -0.1) is 0 Å². The van der Waals surface area contributed by atoms with Crippen molar-refractivity contribution in [2.45, 2.75) is 39.5 Å². The summed E-state index contributed by atoms with van der Waals surface area (Å²) in [5, 5.41) is 2.69. The fraction of sp³-hybridized carbons (Fsp3) is 0.389. The molecule has 19 heavy (non-hydrogen) atoms. The van der Waals surface area contributed by atoms with Crippen molar-refractivity contribution in [3.63, 3.8) is 0 Å². The van der Waals surface area contributed by atoms with Gasteiger partial charge in [-0.3, -0.25) is 4.98 Å². The van der Waals surface area contributed by atoms with Crippen LogP contribution < -0.4 is 0 Å². The van der Waals surface area contributed by atoms with E-state index >= 15 is 0 Å². The quantitative estimate of drug-likeness (QED) is 0.721. The molecule has 98 valence electrons. The van der Waals surface area contributed by atoms with E-state index in [1.54, 1.807) is 0 Å². The van der Waals surface area contributed by atoms with Crippen LogP contribution in [0.4, 0.5) is 0 Å². The van der Waals surface area contributed by atoms with Gasteiger partial charge in [0.25, 0.3) is 0 Å². The maximum absolute atomic E-state index is 4.35. The molecule has 0 bridgehead atoms. The topological polar surface area (TPSA) is 12.9 Å². The zero-order valence-electron chi connectivity index (χ0n) is 12.1. The predicted molar refractivity (Wildman–Crippen MR) is 82.4 cm³/mol. The van der Waals surface area contributed by atoms with Gasteiger partial charge in [0, 0.05) is 29.3 Å². The molecule has 3 rings (SSSR count). The molecule has 2 aromatic rings. The number of hydrogen-bond acceptors (Lipinski definition) is 1. The van der Waals surface area contributed by atoms with Crippen LogP contribution in [0.2, 0.25) is 0 Å². The Morgan fingerprint density at radius 2 is 1.84 bits per heavy atom. The number of pyridine rings is 1. The van der Waals surface area contributed by atoms with E-state index in [4.69, 9.17) is 0 Å². The molecule has 0 radical (unpaired) electrons. The SMILES string of the molecule is CC(C)c1ccc2cncc3c2c1C(C(C)C)C=C3. The highest BCUT2D eigenvalue weighted by molar-refractivity contribution is 5.95. The summed E-state index contributed by atoms with van der Waals surface area (Å²) in [6, 6.07) is 4.52. The summed E-state index contributed by atoms with van der Waals surface area (Å²) in [4.78, 5) is 4.35. The number of hydrogen-bond donors (Lipinski definition) is 0. The number of allylic oxidation sites excluding steroid dienone is 1.